The number of rotatable bonds is 9. The highest BCUT2D eigenvalue weighted by Crippen LogP contribution is 2.25. The van der Waals surface area contributed by atoms with Gasteiger partial charge in [-0.25, -0.2) is 9.78 Å². The van der Waals surface area contributed by atoms with Crippen molar-refractivity contribution in [2.75, 3.05) is 48.3 Å². The fraction of sp³-hybridized carbons (Fsp3) is 0.226. The van der Waals surface area contributed by atoms with Gasteiger partial charge < -0.3 is 25.0 Å². The fourth-order valence-corrected chi connectivity index (χ4v) is 5.17. The van der Waals surface area contributed by atoms with Crippen LogP contribution in [0, 0.1) is 10.1 Å². The van der Waals surface area contributed by atoms with Crippen LogP contribution in [0.15, 0.2) is 85.2 Å². The number of benzene rings is 3. The van der Waals surface area contributed by atoms with E-state index >= 15 is 0 Å². The van der Waals surface area contributed by atoms with Crippen LogP contribution in [0.3, 0.4) is 0 Å². The third-order valence-electron chi connectivity index (χ3n) is 7.45. The summed E-state index contributed by atoms with van der Waals surface area (Å²) in [6.07, 6.45) is 2.53. The molecule has 2 amide bonds. The molecule has 1 fully saturated rings. The third-order valence-corrected chi connectivity index (χ3v) is 7.70. The molecule has 6 rings (SSSR count). The highest BCUT2D eigenvalue weighted by molar-refractivity contribution is 6.30. The normalized spacial score (nSPS) is 13.2. The highest BCUT2D eigenvalue weighted by Gasteiger charge is 2.25. The number of nitro benzene ring substituents is 1. The van der Waals surface area contributed by atoms with Crippen molar-refractivity contribution in [2.24, 2.45) is 0 Å². The molecule has 1 saturated heterocycles. The lowest BCUT2D eigenvalue weighted by Gasteiger charge is -2.34. The molecule has 0 radical (unpaired) electrons. The van der Waals surface area contributed by atoms with Crippen molar-refractivity contribution in [3.63, 3.8) is 0 Å². The van der Waals surface area contributed by atoms with E-state index in [1.807, 2.05) is 22.8 Å². The molecule has 5 aromatic rings. The Morgan fingerprint density at radius 2 is 1.64 bits per heavy atom. The Balaban J connectivity index is 1.21. The van der Waals surface area contributed by atoms with E-state index in [4.69, 9.17) is 21.6 Å². The molecule has 224 valence electrons. The molecule has 2 aromatic heterocycles. The van der Waals surface area contributed by atoms with Crippen molar-refractivity contribution >= 4 is 51.9 Å². The number of carbonyl (C=O) groups is 1. The Morgan fingerprint density at radius 3 is 2.34 bits per heavy atom. The van der Waals surface area contributed by atoms with Crippen LogP contribution in [0.2, 0.25) is 5.02 Å². The van der Waals surface area contributed by atoms with Crippen molar-refractivity contribution in [3.05, 3.63) is 111 Å². The first kappa shape index (κ1) is 28.9. The Kier molecular flexibility index (Phi) is 8.50. The van der Waals surface area contributed by atoms with Gasteiger partial charge in [-0.05, 0) is 41.8 Å². The maximum Gasteiger partial charge on any atom is 0.321 e. The second kappa shape index (κ2) is 13.0. The number of hydrogen-bond acceptors (Lipinski definition) is 8. The summed E-state index contributed by atoms with van der Waals surface area (Å²) in [6.45, 7) is 3.20. The van der Waals surface area contributed by atoms with E-state index in [1.165, 1.54) is 17.7 Å². The highest BCUT2D eigenvalue weighted by atomic mass is 35.5. The zero-order chi connectivity index (χ0) is 30.5. The Labute approximate surface area is 258 Å². The number of nitro groups is 1. The van der Waals surface area contributed by atoms with Crippen LogP contribution in [0.4, 0.5) is 27.9 Å². The minimum atomic E-state index is -0.412. The molecule has 3 heterocycles. The molecule has 1 aliphatic rings. The predicted molar refractivity (Wildman–Crippen MR) is 170 cm³/mol. The fourth-order valence-electron chi connectivity index (χ4n) is 5.05. The lowest BCUT2D eigenvalue weighted by atomic mass is 10.1. The Morgan fingerprint density at radius 1 is 0.909 bits per heavy atom. The maximum absolute atomic E-state index is 12.9. The SMILES string of the molecule is O=C(Nc1ccc(Cl)cc1)N1CCN(c2nc(NCCc3ccccc3)c3ncn(Cc4ccc([N+](=O)[O-])cc4)c3n2)CC1. The first-order valence-electron chi connectivity index (χ1n) is 14.2. The van der Waals surface area contributed by atoms with Crippen molar-refractivity contribution in [2.45, 2.75) is 13.0 Å². The van der Waals surface area contributed by atoms with E-state index in [2.05, 4.69) is 32.7 Å². The van der Waals surface area contributed by atoms with Gasteiger partial charge in [0.05, 0.1) is 17.8 Å². The predicted octanol–water partition coefficient (Wildman–Crippen LogP) is 5.44. The van der Waals surface area contributed by atoms with E-state index in [1.54, 1.807) is 47.6 Å². The van der Waals surface area contributed by atoms with Gasteiger partial charge in [-0.1, -0.05) is 54.1 Å². The van der Waals surface area contributed by atoms with Crippen LogP contribution in [-0.2, 0) is 13.0 Å². The largest absolute Gasteiger partial charge is 0.368 e. The molecule has 2 N–H and O–H groups in total. The number of anilines is 3. The number of imidazole rings is 1. The van der Waals surface area contributed by atoms with Crippen LogP contribution in [0.5, 0.6) is 0 Å². The third kappa shape index (κ3) is 6.70. The molecule has 0 spiro atoms. The van der Waals surface area contributed by atoms with Gasteiger partial charge >= 0.3 is 6.03 Å². The van der Waals surface area contributed by atoms with Gasteiger partial charge in [0, 0.05) is 55.6 Å². The number of hydrogen-bond donors (Lipinski definition) is 2. The number of urea groups is 1. The van der Waals surface area contributed by atoms with E-state index in [0.717, 1.165) is 12.0 Å². The maximum atomic E-state index is 12.9. The summed E-state index contributed by atoms with van der Waals surface area (Å²) in [5.41, 5.74) is 4.11. The van der Waals surface area contributed by atoms with Gasteiger partial charge in [-0.2, -0.15) is 9.97 Å². The Hall–Kier alpha value is -5.23. The molecule has 0 unspecified atom stereocenters. The topological polar surface area (TPSA) is 134 Å². The summed E-state index contributed by atoms with van der Waals surface area (Å²) >= 11 is 5.96. The minimum absolute atomic E-state index is 0.0414. The van der Waals surface area contributed by atoms with E-state index in [0.29, 0.717) is 72.9 Å². The van der Waals surface area contributed by atoms with Crippen molar-refractivity contribution < 1.29 is 9.72 Å². The quantitative estimate of drug-likeness (QED) is 0.166. The summed E-state index contributed by atoms with van der Waals surface area (Å²) < 4.78 is 1.92. The van der Waals surface area contributed by atoms with Crippen molar-refractivity contribution in [1.82, 2.24) is 24.4 Å². The Bertz CT molecular complexity index is 1750. The summed E-state index contributed by atoms with van der Waals surface area (Å²) in [5.74, 6) is 1.18. The average molecular weight is 612 g/mol. The van der Waals surface area contributed by atoms with Crippen LogP contribution in [0.25, 0.3) is 11.2 Å². The van der Waals surface area contributed by atoms with Crippen molar-refractivity contribution in [1.29, 1.82) is 0 Å². The van der Waals surface area contributed by atoms with Crippen molar-refractivity contribution in [3.8, 4) is 0 Å². The number of piperazine rings is 1. The first-order chi connectivity index (χ1) is 21.4. The number of nitrogens with zero attached hydrogens (tertiary/aromatic N) is 7. The van der Waals surface area contributed by atoms with Gasteiger partial charge in [0.25, 0.3) is 5.69 Å². The summed E-state index contributed by atoms with van der Waals surface area (Å²) in [6, 6.07) is 23.5. The number of non-ortho nitro benzene ring substituents is 1. The number of aromatic nitrogens is 4. The monoisotopic (exact) mass is 611 g/mol. The molecule has 3 aromatic carbocycles. The van der Waals surface area contributed by atoms with E-state index in [9.17, 15) is 14.9 Å². The average Bonchev–Trinajstić information content (AvgIpc) is 3.45. The summed E-state index contributed by atoms with van der Waals surface area (Å²) in [5, 5.41) is 18.1. The van der Waals surface area contributed by atoms with Crippen LogP contribution in [0.1, 0.15) is 11.1 Å². The number of halogens is 1. The van der Waals surface area contributed by atoms with Gasteiger partial charge in [-0.15, -0.1) is 0 Å². The molecule has 44 heavy (non-hydrogen) atoms. The molecule has 0 saturated carbocycles. The van der Waals surface area contributed by atoms with Crippen LogP contribution >= 0.6 is 11.6 Å². The molecule has 13 heteroatoms. The molecule has 0 atom stereocenters. The standard InChI is InChI=1S/C31H30ClN9O3/c32-24-8-10-25(11-9-24)35-31(42)39-18-16-38(17-19-39)30-36-28(33-15-14-22-4-2-1-3-5-22)27-29(37-30)40(21-34-27)20-23-6-12-26(13-7-23)41(43)44/h1-13,21H,14-20H2,(H,35,42)(H,33,36,37). The molecule has 12 nitrogen and oxygen atoms in total. The van der Waals surface area contributed by atoms with Gasteiger partial charge in [0.1, 0.15) is 0 Å². The van der Waals surface area contributed by atoms with Crippen LogP contribution in [-0.4, -0.2) is 68.1 Å². The molecule has 0 aliphatic carbocycles. The van der Waals surface area contributed by atoms with Crippen LogP contribution < -0.4 is 15.5 Å². The van der Waals surface area contributed by atoms with E-state index < -0.39 is 4.92 Å². The van der Waals surface area contributed by atoms with Gasteiger partial charge in [0.15, 0.2) is 17.0 Å². The lowest BCUT2D eigenvalue weighted by molar-refractivity contribution is -0.384. The smallest absolute Gasteiger partial charge is 0.321 e. The number of amides is 2. The second-order valence-electron chi connectivity index (χ2n) is 10.4. The zero-order valence-electron chi connectivity index (χ0n) is 23.8. The molecular weight excluding hydrogens is 582 g/mol. The summed E-state index contributed by atoms with van der Waals surface area (Å²) in [4.78, 5) is 41.8. The van der Waals surface area contributed by atoms with Gasteiger partial charge in [-0.3, -0.25) is 10.1 Å². The number of nitrogens with one attached hydrogen (secondary N) is 2. The number of carbonyl (C=O) groups excluding carboxylic acids is 1. The minimum Gasteiger partial charge on any atom is -0.368 e. The molecule has 1 aliphatic heterocycles. The molecule has 0 bridgehead atoms. The lowest BCUT2D eigenvalue weighted by Crippen LogP contribution is -2.50. The van der Waals surface area contributed by atoms with E-state index in [-0.39, 0.29) is 11.7 Å². The molecular formula is C31H30ClN9O3. The number of fused-ring (bicyclic) bond motifs is 1. The van der Waals surface area contributed by atoms with Gasteiger partial charge in [0.2, 0.25) is 5.95 Å². The zero-order valence-corrected chi connectivity index (χ0v) is 24.5. The second-order valence-corrected chi connectivity index (χ2v) is 10.9. The summed E-state index contributed by atoms with van der Waals surface area (Å²) in [7, 11) is 0. The first-order valence-corrected chi connectivity index (χ1v) is 14.6.